The Balaban J connectivity index is 0.943. The number of rotatable bonds is 7. The predicted octanol–water partition coefficient (Wildman–Crippen LogP) is 14.0. The van der Waals surface area contributed by atoms with E-state index in [0.717, 1.165) is 29.0 Å². The fourth-order valence-corrected chi connectivity index (χ4v) is 11.4. The zero-order valence-corrected chi connectivity index (χ0v) is 36.2. The van der Waals surface area contributed by atoms with Gasteiger partial charge in [0.15, 0.2) is 0 Å². The maximum absolute atomic E-state index is 3.61. The molecule has 0 unspecified atom stereocenters. The molecule has 308 valence electrons. The van der Waals surface area contributed by atoms with Gasteiger partial charge in [-0.1, -0.05) is 231 Å². The molecule has 0 saturated carbocycles. The Kier molecular flexibility index (Phi) is 9.50. The van der Waals surface area contributed by atoms with Crippen molar-refractivity contribution in [3.8, 4) is 11.1 Å². The first-order valence-corrected chi connectivity index (χ1v) is 22.9. The maximum Gasteiger partial charge on any atom is 0.0708 e. The minimum Gasteiger partial charge on any atom is -0.361 e. The molecular weight excluding hydrogens is 783 g/mol. The summed E-state index contributed by atoms with van der Waals surface area (Å²) in [4.78, 5) is 0. The van der Waals surface area contributed by atoms with Crippen LogP contribution in [0.5, 0.6) is 0 Å². The summed E-state index contributed by atoms with van der Waals surface area (Å²) in [5.74, 6) is 0. The third-order valence-electron chi connectivity index (χ3n) is 14.2. The first-order valence-electron chi connectivity index (χ1n) is 22.9. The second-order valence-corrected chi connectivity index (χ2v) is 17.5. The van der Waals surface area contributed by atoms with Gasteiger partial charge in [0.1, 0.15) is 0 Å². The van der Waals surface area contributed by atoms with Crippen LogP contribution < -0.4 is 15.8 Å². The summed E-state index contributed by atoms with van der Waals surface area (Å²) in [7, 11) is 0. The Morgan fingerprint density at radius 2 is 1.05 bits per heavy atom. The number of nitrogens with one attached hydrogen (secondary N) is 1. The van der Waals surface area contributed by atoms with E-state index >= 15 is 0 Å². The summed E-state index contributed by atoms with van der Waals surface area (Å²) in [6.45, 7) is 0. The Labute approximate surface area is 381 Å². The molecule has 1 N–H and O–H groups in total. The van der Waals surface area contributed by atoms with Crippen molar-refractivity contribution < 1.29 is 0 Å². The van der Waals surface area contributed by atoms with E-state index in [1.54, 1.807) is 0 Å². The van der Waals surface area contributed by atoms with E-state index in [4.69, 9.17) is 0 Å². The molecule has 0 heterocycles. The molecule has 12 rings (SSSR count). The lowest BCUT2D eigenvalue weighted by atomic mass is 9.51. The normalized spacial score (nSPS) is 15.8. The minimum absolute atomic E-state index is 0.448. The van der Waals surface area contributed by atoms with Crippen molar-refractivity contribution in [1.82, 2.24) is 0 Å². The molecule has 0 fully saturated rings. The van der Waals surface area contributed by atoms with Crippen molar-refractivity contribution in [1.29, 1.82) is 0 Å². The zero-order chi connectivity index (χ0) is 43.2. The van der Waals surface area contributed by atoms with Gasteiger partial charge < -0.3 is 5.32 Å². The van der Waals surface area contributed by atoms with E-state index in [2.05, 4.69) is 260 Å². The third-order valence-corrected chi connectivity index (χ3v) is 14.2. The van der Waals surface area contributed by atoms with Crippen LogP contribution in [0.1, 0.15) is 62.9 Å². The van der Waals surface area contributed by atoms with Crippen LogP contribution >= 0.6 is 0 Å². The molecule has 1 nitrogen and oxygen atoms in total. The molecule has 9 aromatic rings. The second kappa shape index (κ2) is 16.0. The first-order chi connectivity index (χ1) is 32.2. The molecule has 1 heteroatoms. The monoisotopic (exact) mass is 829 g/mol. The lowest BCUT2D eigenvalue weighted by Gasteiger charge is -2.50. The van der Waals surface area contributed by atoms with Gasteiger partial charge in [0.25, 0.3) is 0 Å². The standard InChI is InChI=1S/C64H47N/c1-3-26-51(27-4-1)63(52-28-5-2-6-29-52)58-33-13-15-35-60(58)64(61-36-16-14-34-59(61)63)57-32-12-11-31-55(57)56-42-39-49(43-62(56)64)46-37-40-53(41-38-46)65-44-50-21-8-7-19-45(50)22-17-23-48-25-18-24-47-20-9-10-30-54(47)48/h1-11,13-31,33-44,65H,12,32H2/b23-17-,45-22-,50-44+. The highest BCUT2D eigenvalue weighted by Gasteiger charge is 2.57. The summed E-state index contributed by atoms with van der Waals surface area (Å²) in [5.41, 5.74) is 17.4. The lowest BCUT2D eigenvalue weighted by Crippen LogP contribution is -2.45. The van der Waals surface area contributed by atoms with Crippen molar-refractivity contribution in [3.63, 3.8) is 0 Å². The van der Waals surface area contributed by atoms with Crippen LogP contribution in [-0.2, 0) is 10.8 Å². The molecular formula is C64H47N. The van der Waals surface area contributed by atoms with Crippen LogP contribution in [-0.4, -0.2) is 0 Å². The summed E-state index contributed by atoms with van der Waals surface area (Å²) in [6.07, 6.45) is 15.5. The average molecular weight is 830 g/mol. The predicted molar refractivity (Wildman–Crippen MR) is 273 cm³/mol. The summed E-state index contributed by atoms with van der Waals surface area (Å²) in [5, 5.41) is 8.40. The van der Waals surface area contributed by atoms with E-state index in [0.29, 0.717) is 0 Å². The Morgan fingerprint density at radius 1 is 0.462 bits per heavy atom. The second-order valence-electron chi connectivity index (χ2n) is 17.5. The van der Waals surface area contributed by atoms with Gasteiger partial charge in [0, 0.05) is 11.9 Å². The van der Waals surface area contributed by atoms with Crippen molar-refractivity contribution in [2.24, 2.45) is 0 Å². The van der Waals surface area contributed by atoms with Crippen LogP contribution in [0.25, 0.3) is 45.8 Å². The highest BCUT2D eigenvalue weighted by Crippen LogP contribution is 2.65. The fourth-order valence-electron chi connectivity index (χ4n) is 11.4. The molecule has 0 atom stereocenters. The van der Waals surface area contributed by atoms with Crippen molar-refractivity contribution in [3.05, 3.63) is 303 Å². The van der Waals surface area contributed by atoms with E-state index < -0.39 is 10.8 Å². The molecule has 0 saturated heterocycles. The molecule has 1 spiro atoms. The quantitative estimate of drug-likeness (QED) is 0.169. The van der Waals surface area contributed by atoms with Gasteiger partial charge in [-0.2, -0.15) is 0 Å². The number of fused-ring (bicyclic) bond motifs is 9. The Morgan fingerprint density at radius 3 is 1.75 bits per heavy atom. The number of hydrogen-bond donors (Lipinski definition) is 1. The lowest BCUT2D eigenvalue weighted by molar-refractivity contribution is 0.599. The zero-order valence-electron chi connectivity index (χ0n) is 36.2. The fraction of sp³-hybridized carbons (Fsp3) is 0.0625. The first kappa shape index (κ1) is 38.7. The van der Waals surface area contributed by atoms with Crippen molar-refractivity contribution >= 4 is 40.4 Å². The van der Waals surface area contributed by atoms with Gasteiger partial charge in [-0.05, 0) is 125 Å². The molecule has 0 radical (unpaired) electrons. The van der Waals surface area contributed by atoms with E-state index in [1.807, 2.05) is 0 Å². The van der Waals surface area contributed by atoms with E-state index in [-0.39, 0.29) is 0 Å². The number of allylic oxidation sites excluding steroid dienone is 5. The number of anilines is 1. The van der Waals surface area contributed by atoms with Gasteiger partial charge in [-0.25, -0.2) is 0 Å². The third kappa shape index (κ3) is 6.15. The minimum atomic E-state index is -0.501. The van der Waals surface area contributed by atoms with Crippen molar-refractivity contribution in [2.45, 2.75) is 23.7 Å². The average Bonchev–Trinajstić information content (AvgIpc) is 3.67. The highest BCUT2D eigenvalue weighted by molar-refractivity contribution is 5.94. The van der Waals surface area contributed by atoms with E-state index in [9.17, 15) is 0 Å². The smallest absolute Gasteiger partial charge is 0.0708 e. The summed E-state index contributed by atoms with van der Waals surface area (Å²) in [6, 6.07) is 80.8. The summed E-state index contributed by atoms with van der Waals surface area (Å²) >= 11 is 0. The van der Waals surface area contributed by atoms with Gasteiger partial charge in [0.2, 0.25) is 0 Å². The van der Waals surface area contributed by atoms with Crippen molar-refractivity contribution in [2.75, 3.05) is 5.32 Å². The molecule has 9 aromatic carbocycles. The van der Waals surface area contributed by atoms with E-state index in [1.165, 1.54) is 83.1 Å². The number of benzene rings is 9. The van der Waals surface area contributed by atoms with Crippen LogP contribution in [0.3, 0.4) is 0 Å². The van der Waals surface area contributed by atoms with Crippen LogP contribution in [0, 0.1) is 0 Å². The molecule has 0 amide bonds. The molecule has 3 aliphatic rings. The number of hydrogen-bond acceptors (Lipinski definition) is 1. The van der Waals surface area contributed by atoms with Gasteiger partial charge in [0.05, 0.1) is 10.8 Å². The van der Waals surface area contributed by atoms with Gasteiger partial charge >= 0.3 is 0 Å². The Bertz CT molecular complexity index is 3400. The van der Waals surface area contributed by atoms with Crippen LogP contribution in [0.15, 0.2) is 242 Å². The molecule has 0 bridgehead atoms. The topological polar surface area (TPSA) is 12.0 Å². The molecule has 0 aliphatic heterocycles. The van der Waals surface area contributed by atoms with Gasteiger partial charge in [-0.15, -0.1) is 0 Å². The SMILES string of the molecule is C1=CC2=C(CC1)C1(c3cc(-c4ccc(N\C=c5/cccc/c5=C/C=C\c5cccc6ccccc56)cc4)ccc32)c2ccccc2C(c2ccccc2)(c2ccccc2)c2ccccc21. The van der Waals surface area contributed by atoms with Crippen LogP contribution in [0.4, 0.5) is 5.69 Å². The molecule has 3 aliphatic carbocycles. The van der Waals surface area contributed by atoms with Crippen LogP contribution in [0.2, 0.25) is 0 Å². The Hall–Kier alpha value is -8.00. The molecule has 65 heavy (non-hydrogen) atoms. The largest absolute Gasteiger partial charge is 0.361 e. The highest BCUT2D eigenvalue weighted by atomic mass is 14.8. The van der Waals surface area contributed by atoms with Gasteiger partial charge in [-0.3, -0.25) is 0 Å². The summed E-state index contributed by atoms with van der Waals surface area (Å²) < 4.78 is 0. The molecule has 0 aromatic heterocycles. The maximum atomic E-state index is 3.61.